The number of nitrogens with zero attached hydrogens (tertiary/aromatic N) is 2. The summed E-state index contributed by atoms with van der Waals surface area (Å²) in [6.45, 7) is 4.99. The molecule has 0 bridgehead atoms. The lowest BCUT2D eigenvalue weighted by atomic mass is 10.1. The van der Waals surface area contributed by atoms with Crippen LogP contribution in [0.5, 0.6) is 0 Å². The fraction of sp³-hybridized carbons (Fsp3) is 0.444. The maximum atomic E-state index is 13.3. The molecule has 0 radical (unpaired) electrons. The van der Waals surface area contributed by atoms with Gasteiger partial charge in [0.25, 0.3) is 5.56 Å². The zero-order valence-electron chi connectivity index (χ0n) is 14.9. The molecule has 1 saturated heterocycles. The molecule has 1 aliphatic heterocycles. The molecule has 2 atom stereocenters. The number of benzene rings is 1. The maximum absolute atomic E-state index is 13.3. The van der Waals surface area contributed by atoms with Gasteiger partial charge >= 0.3 is 5.69 Å². The zero-order valence-corrected chi connectivity index (χ0v) is 15.6. The van der Waals surface area contributed by atoms with Gasteiger partial charge in [0, 0.05) is 31.6 Å². The molecular weight excluding hydrogens is 361 g/mol. The quantitative estimate of drug-likeness (QED) is 0.883. The van der Waals surface area contributed by atoms with Crippen LogP contribution < -0.4 is 16.1 Å². The maximum Gasteiger partial charge on any atom is 0.329 e. The number of nitrogens with one attached hydrogen (secondary N) is 1. The SMILES string of the molecule is CC1CN(c2[nH]c(=O)n(C)c(=O)c2Cc2ccc(F)cc2Cl)CC(C)O1. The predicted octanol–water partition coefficient (Wildman–Crippen LogP) is 2.07. The van der Waals surface area contributed by atoms with Crippen molar-refractivity contribution in [2.75, 3.05) is 18.0 Å². The highest BCUT2D eigenvalue weighted by atomic mass is 35.5. The number of aromatic amines is 1. The minimum Gasteiger partial charge on any atom is -0.372 e. The molecule has 6 nitrogen and oxygen atoms in total. The van der Waals surface area contributed by atoms with Gasteiger partial charge in [-0.1, -0.05) is 17.7 Å². The average Bonchev–Trinajstić information content (AvgIpc) is 2.56. The molecule has 0 amide bonds. The second-order valence-corrected chi connectivity index (χ2v) is 7.10. The van der Waals surface area contributed by atoms with Crippen LogP contribution in [0, 0.1) is 5.82 Å². The number of H-pyrrole nitrogens is 1. The number of hydrogen-bond donors (Lipinski definition) is 1. The van der Waals surface area contributed by atoms with E-state index in [-0.39, 0.29) is 23.7 Å². The first-order valence-corrected chi connectivity index (χ1v) is 8.80. The summed E-state index contributed by atoms with van der Waals surface area (Å²) in [5.41, 5.74) is 0.163. The molecular formula is C18H21ClFN3O3. The summed E-state index contributed by atoms with van der Waals surface area (Å²) in [5, 5.41) is 0.243. The van der Waals surface area contributed by atoms with Crippen LogP contribution in [0.1, 0.15) is 25.0 Å². The molecule has 1 N–H and O–H groups in total. The van der Waals surface area contributed by atoms with E-state index in [2.05, 4.69) is 4.98 Å². The number of anilines is 1. The van der Waals surface area contributed by atoms with Crippen molar-refractivity contribution >= 4 is 17.4 Å². The van der Waals surface area contributed by atoms with Gasteiger partial charge in [-0.05, 0) is 31.5 Å². The largest absolute Gasteiger partial charge is 0.372 e. The molecule has 140 valence electrons. The van der Waals surface area contributed by atoms with Gasteiger partial charge in [-0.2, -0.15) is 0 Å². The summed E-state index contributed by atoms with van der Waals surface area (Å²) >= 11 is 6.13. The smallest absolute Gasteiger partial charge is 0.329 e. The molecule has 26 heavy (non-hydrogen) atoms. The molecule has 0 spiro atoms. The number of aromatic nitrogens is 2. The number of ether oxygens (including phenoxy) is 1. The number of rotatable bonds is 3. The minimum absolute atomic E-state index is 0.0337. The Hall–Kier alpha value is -2.12. The van der Waals surface area contributed by atoms with Crippen molar-refractivity contribution in [3.63, 3.8) is 0 Å². The van der Waals surface area contributed by atoms with Gasteiger partial charge in [0.1, 0.15) is 11.6 Å². The van der Waals surface area contributed by atoms with Gasteiger partial charge < -0.3 is 9.64 Å². The van der Waals surface area contributed by atoms with Gasteiger partial charge in [0.05, 0.1) is 17.8 Å². The van der Waals surface area contributed by atoms with Crippen LogP contribution in [0.4, 0.5) is 10.2 Å². The third kappa shape index (κ3) is 3.68. The fourth-order valence-electron chi connectivity index (χ4n) is 3.30. The number of halogens is 2. The molecule has 8 heteroatoms. The first-order chi connectivity index (χ1) is 12.3. The van der Waals surface area contributed by atoms with E-state index in [0.29, 0.717) is 30.0 Å². The highest BCUT2D eigenvalue weighted by Crippen LogP contribution is 2.25. The van der Waals surface area contributed by atoms with Crippen molar-refractivity contribution in [2.45, 2.75) is 32.5 Å². The summed E-state index contributed by atoms with van der Waals surface area (Å²) in [6, 6.07) is 4.07. The lowest BCUT2D eigenvalue weighted by molar-refractivity contribution is -0.00553. The monoisotopic (exact) mass is 381 g/mol. The second kappa shape index (κ2) is 7.25. The van der Waals surface area contributed by atoms with E-state index >= 15 is 0 Å². The molecule has 2 aromatic rings. The normalized spacial score (nSPS) is 20.4. The first-order valence-electron chi connectivity index (χ1n) is 8.42. The van der Waals surface area contributed by atoms with Crippen molar-refractivity contribution in [1.29, 1.82) is 0 Å². The van der Waals surface area contributed by atoms with Crippen LogP contribution in [-0.2, 0) is 18.2 Å². The Bertz CT molecular complexity index is 930. The third-order valence-electron chi connectivity index (χ3n) is 4.50. The first kappa shape index (κ1) is 18.7. The Morgan fingerprint density at radius 1 is 1.27 bits per heavy atom. The van der Waals surface area contributed by atoms with Crippen LogP contribution in [0.15, 0.2) is 27.8 Å². The van der Waals surface area contributed by atoms with Crippen LogP contribution in [0.2, 0.25) is 5.02 Å². The van der Waals surface area contributed by atoms with E-state index in [4.69, 9.17) is 16.3 Å². The Balaban J connectivity index is 2.09. The van der Waals surface area contributed by atoms with E-state index in [1.165, 1.54) is 19.2 Å². The van der Waals surface area contributed by atoms with Crippen LogP contribution in [-0.4, -0.2) is 34.8 Å². The van der Waals surface area contributed by atoms with E-state index in [9.17, 15) is 14.0 Å². The summed E-state index contributed by atoms with van der Waals surface area (Å²) in [5.74, 6) is 0.0321. The van der Waals surface area contributed by atoms with Gasteiger partial charge in [0.15, 0.2) is 0 Å². The van der Waals surface area contributed by atoms with Gasteiger partial charge in [-0.25, -0.2) is 9.18 Å². The third-order valence-corrected chi connectivity index (χ3v) is 4.85. The Kier molecular flexibility index (Phi) is 5.20. The van der Waals surface area contributed by atoms with E-state index in [1.807, 2.05) is 18.7 Å². The second-order valence-electron chi connectivity index (χ2n) is 6.70. The lowest BCUT2D eigenvalue weighted by Gasteiger charge is -2.37. The predicted molar refractivity (Wildman–Crippen MR) is 98.7 cm³/mol. The molecule has 0 saturated carbocycles. The topological polar surface area (TPSA) is 67.3 Å². The molecule has 1 aliphatic rings. The van der Waals surface area contributed by atoms with Gasteiger partial charge in [-0.15, -0.1) is 0 Å². The Morgan fingerprint density at radius 3 is 2.54 bits per heavy atom. The highest BCUT2D eigenvalue weighted by molar-refractivity contribution is 6.31. The molecule has 2 unspecified atom stereocenters. The molecule has 1 aromatic carbocycles. The summed E-state index contributed by atoms with van der Waals surface area (Å²) in [6.07, 6.45) is 0.125. The van der Waals surface area contributed by atoms with Crippen LogP contribution in [0.3, 0.4) is 0 Å². The summed E-state index contributed by atoms with van der Waals surface area (Å²) < 4.78 is 20.1. The summed E-state index contributed by atoms with van der Waals surface area (Å²) in [4.78, 5) is 29.7. The van der Waals surface area contributed by atoms with Crippen molar-refractivity contribution in [1.82, 2.24) is 9.55 Å². The van der Waals surface area contributed by atoms with Gasteiger partial charge in [0.2, 0.25) is 0 Å². The Morgan fingerprint density at radius 2 is 1.92 bits per heavy atom. The highest BCUT2D eigenvalue weighted by Gasteiger charge is 2.26. The standard InChI is InChI=1S/C18H21ClFN3O3/c1-10-8-23(9-11(2)26-10)16-14(17(24)22(3)18(25)21-16)6-12-4-5-13(20)7-15(12)19/h4-5,7,10-11H,6,8-9H2,1-3H3,(H,21,25). The van der Waals surface area contributed by atoms with E-state index < -0.39 is 17.1 Å². The van der Waals surface area contributed by atoms with Crippen LogP contribution in [0.25, 0.3) is 0 Å². The fourth-order valence-corrected chi connectivity index (χ4v) is 3.54. The molecule has 0 aliphatic carbocycles. The number of hydrogen-bond acceptors (Lipinski definition) is 4. The molecule has 2 heterocycles. The van der Waals surface area contributed by atoms with E-state index in [1.54, 1.807) is 6.07 Å². The van der Waals surface area contributed by atoms with Crippen molar-refractivity contribution in [3.05, 3.63) is 61.0 Å². The minimum atomic E-state index is -0.481. The van der Waals surface area contributed by atoms with Crippen LogP contribution >= 0.6 is 11.6 Å². The Labute approximate surface area is 155 Å². The molecule has 3 rings (SSSR count). The summed E-state index contributed by atoms with van der Waals surface area (Å²) in [7, 11) is 1.42. The van der Waals surface area contributed by atoms with Crippen molar-refractivity contribution in [2.24, 2.45) is 7.05 Å². The van der Waals surface area contributed by atoms with E-state index in [0.717, 1.165) is 4.57 Å². The number of morpholine rings is 1. The zero-order chi connectivity index (χ0) is 19.0. The van der Waals surface area contributed by atoms with Crippen molar-refractivity contribution in [3.8, 4) is 0 Å². The average molecular weight is 382 g/mol. The van der Waals surface area contributed by atoms with Crippen molar-refractivity contribution < 1.29 is 9.13 Å². The lowest BCUT2D eigenvalue weighted by Crippen LogP contribution is -2.48. The molecule has 1 fully saturated rings. The molecule has 1 aromatic heterocycles. The van der Waals surface area contributed by atoms with Gasteiger partial charge in [-0.3, -0.25) is 14.3 Å².